The lowest BCUT2D eigenvalue weighted by Gasteiger charge is -2.27. The first-order chi connectivity index (χ1) is 6.30. The second kappa shape index (κ2) is 3.70. The smallest absolute Gasteiger partial charge is 0.270 e. The fourth-order valence-electron chi connectivity index (χ4n) is 1.63. The molecule has 1 fully saturated rings. The SMILES string of the molecule is CC(C)CC1(C)C(=O)N(Cl)C(=O)N1Br. The van der Waals surface area contributed by atoms with E-state index < -0.39 is 11.6 Å². The monoisotopic (exact) mass is 282 g/mol. The second-order valence-electron chi connectivity index (χ2n) is 4.02. The predicted molar refractivity (Wildman–Crippen MR) is 56.7 cm³/mol. The summed E-state index contributed by atoms with van der Waals surface area (Å²) in [4.78, 5) is 23.0. The number of rotatable bonds is 2. The number of amides is 3. The number of carbonyl (C=O) groups is 2. The molecule has 1 rings (SSSR count). The molecule has 0 aromatic carbocycles. The molecule has 0 N–H and O–H groups in total. The normalized spacial score (nSPS) is 28.1. The summed E-state index contributed by atoms with van der Waals surface area (Å²) in [6.45, 7) is 5.67. The van der Waals surface area contributed by atoms with Crippen LogP contribution in [0.4, 0.5) is 4.79 Å². The van der Waals surface area contributed by atoms with Crippen LogP contribution in [0.15, 0.2) is 0 Å². The summed E-state index contributed by atoms with van der Waals surface area (Å²) in [6.07, 6.45) is 0.575. The van der Waals surface area contributed by atoms with Crippen LogP contribution in [0.3, 0.4) is 0 Å². The minimum Gasteiger partial charge on any atom is -0.270 e. The molecule has 1 heterocycles. The van der Waals surface area contributed by atoms with Crippen LogP contribution >= 0.6 is 27.9 Å². The summed E-state index contributed by atoms with van der Waals surface area (Å²) in [5.41, 5.74) is -0.868. The lowest BCUT2D eigenvalue weighted by atomic mass is 9.91. The molecule has 0 radical (unpaired) electrons. The van der Waals surface area contributed by atoms with Gasteiger partial charge in [-0.05, 0) is 19.3 Å². The summed E-state index contributed by atoms with van der Waals surface area (Å²) >= 11 is 8.61. The van der Waals surface area contributed by atoms with Crippen LogP contribution in [0.2, 0.25) is 0 Å². The van der Waals surface area contributed by atoms with Crippen molar-refractivity contribution >= 4 is 39.9 Å². The standard InChI is InChI=1S/C8H12BrClN2O2/c1-5(2)4-8(3)6(13)11(10)7(14)12(8)9/h5H,4H2,1-3H3. The van der Waals surface area contributed by atoms with Crippen molar-refractivity contribution in [1.82, 2.24) is 8.34 Å². The molecule has 1 atom stereocenters. The number of hydrogen-bond donors (Lipinski definition) is 0. The Balaban J connectivity index is 2.98. The van der Waals surface area contributed by atoms with Crippen LogP contribution in [0.25, 0.3) is 0 Å². The van der Waals surface area contributed by atoms with E-state index in [4.69, 9.17) is 11.8 Å². The summed E-state index contributed by atoms with van der Waals surface area (Å²) < 4.78 is 1.84. The maximum absolute atomic E-state index is 11.7. The molecular weight excluding hydrogens is 271 g/mol. The van der Waals surface area contributed by atoms with Gasteiger partial charge in [0, 0.05) is 11.8 Å². The average molecular weight is 284 g/mol. The third kappa shape index (κ3) is 1.63. The summed E-state index contributed by atoms with van der Waals surface area (Å²) in [5, 5.41) is 0. The molecular formula is C8H12BrClN2O2. The van der Waals surface area contributed by atoms with Crippen molar-refractivity contribution in [2.75, 3.05) is 0 Å². The van der Waals surface area contributed by atoms with Crippen LogP contribution in [0.5, 0.6) is 0 Å². The van der Waals surface area contributed by atoms with E-state index in [0.717, 1.165) is 0 Å². The van der Waals surface area contributed by atoms with Crippen molar-refractivity contribution in [3.63, 3.8) is 0 Å². The maximum atomic E-state index is 11.7. The van der Waals surface area contributed by atoms with Gasteiger partial charge in [0.2, 0.25) is 0 Å². The third-order valence-corrected chi connectivity index (χ3v) is 3.60. The highest BCUT2D eigenvalue weighted by molar-refractivity contribution is 9.07. The zero-order valence-corrected chi connectivity index (χ0v) is 10.6. The van der Waals surface area contributed by atoms with E-state index in [2.05, 4.69) is 16.1 Å². The molecule has 3 amide bonds. The fourth-order valence-corrected chi connectivity index (χ4v) is 2.44. The van der Waals surface area contributed by atoms with Gasteiger partial charge in [0.05, 0.1) is 16.1 Å². The van der Waals surface area contributed by atoms with Crippen molar-refractivity contribution in [1.29, 1.82) is 0 Å². The van der Waals surface area contributed by atoms with Gasteiger partial charge in [0.1, 0.15) is 5.54 Å². The first-order valence-corrected chi connectivity index (χ1v) is 5.35. The maximum Gasteiger partial charge on any atom is 0.352 e. The van der Waals surface area contributed by atoms with Gasteiger partial charge in [0.15, 0.2) is 0 Å². The van der Waals surface area contributed by atoms with Gasteiger partial charge in [-0.15, -0.1) is 0 Å². The molecule has 6 heteroatoms. The Bertz CT molecular complexity index is 285. The van der Waals surface area contributed by atoms with E-state index >= 15 is 0 Å². The topological polar surface area (TPSA) is 40.6 Å². The number of nitrogens with zero attached hydrogens (tertiary/aromatic N) is 2. The molecule has 0 aromatic heterocycles. The van der Waals surface area contributed by atoms with Crippen LogP contribution in [0.1, 0.15) is 27.2 Å². The zero-order chi connectivity index (χ0) is 11.1. The molecule has 1 saturated heterocycles. The molecule has 80 valence electrons. The molecule has 1 unspecified atom stereocenters. The number of imide groups is 1. The van der Waals surface area contributed by atoms with Crippen LogP contribution in [-0.4, -0.2) is 25.8 Å². The van der Waals surface area contributed by atoms with Crippen molar-refractivity contribution in [3.05, 3.63) is 0 Å². The van der Waals surface area contributed by atoms with Gasteiger partial charge in [-0.2, -0.15) is 4.42 Å². The van der Waals surface area contributed by atoms with E-state index in [1.165, 1.54) is 3.93 Å². The third-order valence-electron chi connectivity index (χ3n) is 2.21. The van der Waals surface area contributed by atoms with Crippen molar-refractivity contribution in [2.45, 2.75) is 32.7 Å². The molecule has 0 bridgehead atoms. The lowest BCUT2D eigenvalue weighted by molar-refractivity contribution is -0.129. The van der Waals surface area contributed by atoms with E-state index in [-0.39, 0.29) is 5.91 Å². The quantitative estimate of drug-likeness (QED) is 0.577. The summed E-state index contributed by atoms with van der Waals surface area (Å²) in [7, 11) is 0. The highest BCUT2D eigenvalue weighted by Gasteiger charge is 2.53. The average Bonchev–Trinajstić information content (AvgIpc) is 2.21. The number of halogens is 2. The first-order valence-electron chi connectivity index (χ1n) is 4.31. The van der Waals surface area contributed by atoms with E-state index in [1.807, 2.05) is 13.8 Å². The lowest BCUT2D eigenvalue weighted by Crippen LogP contribution is -2.42. The van der Waals surface area contributed by atoms with Gasteiger partial charge in [0.25, 0.3) is 5.91 Å². The summed E-state index contributed by atoms with van der Waals surface area (Å²) in [5.74, 6) is -0.0743. The number of hydrogen-bond acceptors (Lipinski definition) is 2. The Morgan fingerprint density at radius 3 is 2.29 bits per heavy atom. The Hall–Kier alpha value is -0.290. The number of carbonyl (C=O) groups excluding carboxylic acids is 2. The minimum atomic E-state index is -0.868. The Labute approximate surface area is 96.6 Å². The van der Waals surface area contributed by atoms with Crippen LogP contribution in [0, 0.1) is 5.92 Å². The zero-order valence-electron chi connectivity index (χ0n) is 8.25. The molecule has 1 aliphatic heterocycles. The Kier molecular flexibility index (Phi) is 3.11. The van der Waals surface area contributed by atoms with Crippen LogP contribution in [-0.2, 0) is 4.79 Å². The first kappa shape index (κ1) is 11.8. The van der Waals surface area contributed by atoms with E-state index in [9.17, 15) is 9.59 Å². The van der Waals surface area contributed by atoms with Gasteiger partial charge in [-0.1, -0.05) is 13.8 Å². The van der Waals surface area contributed by atoms with E-state index in [0.29, 0.717) is 16.8 Å². The highest BCUT2D eigenvalue weighted by atomic mass is 79.9. The van der Waals surface area contributed by atoms with Crippen molar-refractivity contribution in [2.24, 2.45) is 5.92 Å². The highest BCUT2D eigenvalue weighted by Crippen LogP contribution is 2.36. The predicted octanol–water partition coefficient (Wildman–Crippen LogP) is 2.52. The Morgan fingerprint density at radius 2 is 2.00 bits per heavy atom. The molecule has 0 saturated carbocycles. The molecule has 0 spiro atoms. The molecule has 0 aliphatic carbocycles. The van der Waals surface area contributed by atoms with Crippen LogP contribution < -0.4 is 0 Å². The van der Waals surface area contributed by atoms with Gasteiger partial charge in [-0.3, -0.25) is 4.79 Å². The van der Waals surface area contributed by atoms with Gasteiger partial charge < -0.3 is 0 Å². The molecule has 0 aromatic rings. The van der Waals surface area contributed by atoms with Gasteiger partial charge >= 0.3 is 6.03 Å². The molecule has 4 nitrogen and oxygen atoms in total. The van der Waals surface area contributed by atoms with Crippen molar-refractivity contribution < 1.29 is 9.59 Å². The Morgan fingerprint density at radius 1 is 1.50 bits per heavy atom. The minimum absolute atomic E-state index is 0.306. The van der Waals surface area contributed by atoms with Crippen molar-refractivity contribution in [3.8, 4) is 0 Å². The fraction of sp³-hybridized carbons (Fsp3) is 0.750. The molecule has 1 aliphatic rings. The van der Waals surface area contributed by atoms with E-state index in [1.54, 1.807) is 6.92 Å². The summed E-state index contributed by atoms with van der Waals surface area (Å²) in [6, 6.07) is -0.528. The largest absolute Gasteiger partial charge is 0.352 e. The molecule has 14 heavy (non-hydrogen) atoms. The number of urea groups is 1. The van der Waals surface area contributed by atoms with Gasteiger partial charge in [-0.25, -0.2) is 8.72 Å². The second-order valence-corrected chi connectivity index (χ2v) is 5.07.